The van der Waals surface area contributed by atoms with E-state index in [1.54, 1.807) is 0 Å². The number of nitrogens with two attached hydrogens (primary N) is 1. The Bertz CT molecular complexity index is 435. The number of hydrogen-bond acceptors (Lipinski definition) is 2. The van der Waals surface area contributed by atoms with Crippen molar-refractivity contribution in [2.45, 2.75) is 5.75 Å². The van der Waals surface area contributed by atoms with Crippen LogP contribution in [0.1, 0.15) is 5.56 Å². The Morgan fingerprint density at radius 2 is 1.57 bits per heavy atom. The Morgan fingerprint density at radius 1 is 1.14 bits per heavy atom. The van der Waals surface area contributed by atoms with E-state index in [1.165, 1.54) is 12.1 Å². The van der Waals surface area contributed by atoms with Crippen molar-refractivity contribution in [1.29, 1.82) is 0 Å². The van der Waals surface area contributed by atoms with E-state index >= 15 is 0 Å². The van der Waals surface area contributed by atoms with Crippen molar-refractivity contribution < 1.29 is 8.42 Å². The third-order valence-electron chi connectivity index (χ3n) is 1.45. The van der Waals surface area contributed by atoms with Gasteiger partial charge in [0.1, 0.15) is 0 Å². The van der Waals surface area contributed by atoms with E-state index < -0.39 is 15.8 Å². The van der Waals surface area contributed by atoms with Crippen molar-refractivity contribution in [3.8, 4) is 0 Å². The van der Waals surface area contributed by atoms with E-state index in [-0.39, 0.29) is 15.6 Å². The van der Waals surface area contributed by atoms with Gasteiger partial charge in [-0.15, -0.1) is 0 Å². The summed E-state index contributed by atoms with van der Waals surface area (Å²) in [4.78, 5) is 0. The first-order valence-electron chi connectivity index (χ1n) is 3.43. The third kappa shape index (κ3) is 3.29. The average Bonchev–Trinajstić information content (AvgIpc) is 1.95. The Hall–Kier alpha value is -0.000000000000000111. The molecule has 0 aliphatic heterocycles. The van der Waals surface area contributed by atoms with Crippen LogP contribution in [0.5, 0.6) is 0 Å². The zero-order valence-electron chi connectivity index (χ0n) is 6.80. The van der Waals surface area contributed by atoms with Gasteiger partial charge in [0, 0.05) is 20.6 Å². The van der Waals surface area contributed by atoms with Crippen LogP contribution in [0.3, 0.4) is 0 Å². The smallest absolute Gasteiger partial charge is 0.213 e. The van der Waals surface area contributed by atoms with E-state index in [0.717, 1.165) is 0 Å². The van der Waals surface area contributed by atoms with E-state index in [9.17, 15) is 8.42 Å². The van der Waals surface area contributed by atoms with Crippen LogP contribution in [0, 0.1) is 0 Å². The summed E-state index contributed by atoms with van der Waals surface area (Å²) in [7, 11) is -3.65. The molecule has 0 heterocycles. The summed E-state index contributed by atoms with van der Waals surface area (Å²) in [6.07, 6.45) is 0. The number of benzene rings is 1. The lowest BCUT2D eigenvalue weighted by molar-refractivity contribution is 0.597. The molecular formula is C7H6Cl3NO2S. The maximum atomic E-state index is 10.8. The normalized spacial score (nSPS) is 11.7. The predicted molar refractivity (Wildman–Crippen MR) is 58.3 cm³/mol. The number of hydrogen-bond donors (Lipinski definition) is 1. The van der Waals surface area contributed by atoms with Crippen LogP contribution in [0.4, 0.5) is 0 Å². The van der Waals surface area contributed by atoms with Crippen molar-refractivity contribution in [1.82, 2.24) is 0 Å². The zero-order chi connectivity index (χ0) is 10.9. The molecule has 7 heteroatoms. The van der Waals surface area contributed by atoms with Crippen LogP contribution in [0.15, 0.2) is 12.1 Å². The molecule has 0 bridgehead atoms. The maximum Gasteiger partial charge on any atom is 0.213 e. The Kier molecular flexibility index (Phi) is 3.66. The standard InChI is InChI=1S/C7H6Cl3NO2S/c8-4-1-6(9)5(7(10)2-4)3-14(11,12)13/h1-2H,3H2,(H2,11,12,13). The minimum Gasteiger partial charge on any atom is -0.228 e. The van der Waals surface area contributed by atoms with Gasteiger partial charge in [-0.1, -0.05) is 34.8 Å². The second kappa shape index (κ2) is 4.24. The summed E-state index contributed by atoms with van der Waals surface area (Å²) in [5.74, 6) is -0.401. The SMILES string of the molecule is NS(=O)(=O)Cc1c(Cl)cc(Cl)cc1Cl. The molecule has 0 aromatic heterocycles. The van der Waals surface area contributed by atoms with Gasteiger partial charge in [0.2, 0.25) is 10.0 Å². The van der Waals surface area contributed by atoms with Gasteiger partial charge in [0.25, 0.3) is 0 Å². The quantitative estimate of drug-likeness (QED) is 0.900. The highest BCUT2D eigenvalue weighted by Gasteiger charge is 2.13. The molecule has 0 aliphatic carbocycles. The Balaban J connectivity index is 3.22. The van der Waals surface area contributed by atoms with Gasteiger partial charge in [-0.25, -0.2) is 13.6 Å². The molecule has 1 aromatic carbocycles. The van der Waals surface area contributed by atoms with E-state index in [0.29, 0.717) is 5.02 Å². The van der Waals surface area contributed by atoms with Gasteiger partial charge < -0.3 is 0 Å². The molecule has 2 N–H and O–H groups in total. The van der Waals surface area contributed by atoms with E-state index in [4.69, 9.17) is 39.9 Å². The molecule has 0 atom stereocenters. The summed E-state index contributed by atoms with van der Waals surface area (Å²) in [5.41, 5.74) is 0.264. The predicted octanol–water partition coefficient (Wildman–Crippen LogP) is 2.44. The van der Waals surface area contributed by atoms with Crippen LogP contribution in [-0.2, 0) is 15.8 Å². The van der Waals surface area contributed by atoms with Gasteiger partial charge in [-0.2, -0.15) is 0 Å². The molecule has 14 heavy (non-hydrogen) atoms. The molecule has 0 saturated heterocycles. The van der Waals surface area contributed by atoms with Crippen LogP contribution in [-0.4, -0.2) is 8.42 Å². The molecule has 0 fully saturated rings. The highest BCUT2D eigenvalue weighted by atomic mass is 35.5. The number of primary sulfonamides is 1. The van der Waals surface area contributed by atoms with Gasteiger partial charge in [0.15, 0.2) is 0 Å². The lowest BCUT2D eigenvalue weighted by Gasteiger charge is -2.05. The second-order valence-electron chi connectivity index (χ2n) is 2.66. The Morgan fingerprint density at radius 3 is 1.93 bits per heavy atom. The molecule has 0 spiro atoms. The molecule has 0 radical (unpaired) electrons. The van der Waals surface area contributed by atoms with Gasteiger partial charge in [0.05, 0.1) is 5.75 Å². The highest BCUT2D eigenvalue weighted by molar-refractivity contribution is 7.88. The maximum absolute atomic E-state index is 10.8. The third-order valence-corrected chi connectivity index (χ3v) is 3.04. The van der Waals surface area contributed by atoms with Crippen molar-refractivity contribution >= 4 is 44.8 Å². The number of sulfonamides is 1. The first kappa shape index (κ1) is 12.1. The largest absolute Gasteiger partial charge is 0.228 e. The molecule has 0 unspecified atom stereocenters. The molecule has 3 nitrogen and oxygen atoms in total. The van der Waals surface area contributed by atoms with E-state index in [1.807, 2.05) is 0 Å². The van der Waals surface area contributed by atoms with Crippen molar-refractivity contribution in [2.24, 2.45) is 5.14 Å². The molecule has 0 aliphatic rings. The molecular weight excluding hydrogens is 269 g/mol. The van der Waals surface area contributed by atoms with Gasteiger partial charge in [-0.05, 0) is 12.1 Å². The molecule has 78 valence electrons. The lowest BCUT2D eigenvalue weighted by atomic mass is 10.2. The van der Waals surface area contributed by atoms with Crippen LogP contribution < -0.4 is 5.14 Å². The minimum absolute atomic E-state index is 0.191. The van der Waals surface area contributed by atoms with E-state index in [2.05, 4.69) is 0 Å². The molecule has 0 saturated carbocycles. The van der Waals surface area contributed by atoms with Gasteiger partial charge >= 0.3 is 0 Å². The zero-order valence-corrected chi connectivity index (χ0v) is 9.88. The summed E-state index contributed by atoms with van der Waals surface area (Å²) in [6.45, 7) is 0. The minimum atomic E-state index is -3.65. The van der Waals surface area contributed by atoms with Crippen molar-refractivity contribution in [2.75, 3.05) is 0 Å². The lowest BCUT2D eigenvalue weighted by Crippen LogP contribution is -2.15. The molecule has 1 aromatic rings. The number of halogens is 3. The fourth-order valence-corrected chi connectivity index (χ4v) is 2.73. The van der Waals surface area contributed by atoms with Crippen LogP contribution >= 0.6 is 34.8 Å². The fourth-order valence-electron chi connectivity index (χ4n) is 0.911. The fraction of sp³-hybridized carbons (Fsp3) is 0.143. The van der Waals surface area contributed by atoms with Crippen molar-refractivity contribution in [3.05, 3.63) is 32.8 Å². The van der Waals surface area contributed by atoms with Crippen LogP contribution in [0.2, 0.25) is 15.1 Å². The monoisotopic (exact) mass is 273 g/mol. The second-order valence-corrected chi connectivity index (χ2v) is 5.52. The summed E-state index contributed by atoms with van der Waals surface area (Å²) < 4.78 is 21.6. The number of rotatable bonds is 2. The average molecular weight is 275 g/mol. The molecule has 1 rings (SSSR count). The summed E-state index contributed by atoms with van der Waals surface area (Å²) in [5, 5.41) is 5.59. The first-order chi connectivity index (χ1) is 6.29. The topological polar surface area (TPSA) is 60.2 Å². The van der Waals surface area contributed by atoms with Crippen molar-refractivity contribution in [3.63, 3.8) is 0 Å². The summed E-state index contributed by atoms with van der Waals surface area (Å²) in [6, 6.07) is 2.82. The first-order valence-corrected chi connectivity index (χ1v) is 6.28. The Labute approximate surface area is 96.8 Å². The molecule has 0 amide bonds. The van der Waals surface area contributed by atoms with Gasteiger partial charge in [-0.3, -0.25) is 0 Å². The van der Waals surface area contributed by atoms with Crippen LogP contribution in [0.25, 0.3) is 0 Å². The highest BCUT2D eigenvalue weighted by Crippen LogP contribution is 2.29. The summed E-state index contributed by atoms with van der Waals surface area (Å²) >= 11 is 17.1.